The molecule has 0 spiro atoms. The number of piperidine rings is 1. The summed E-state index contributed by atoms with van der Waals surface area (Å²) in [6.45, 7) is 5.46. The summed E-state index contributed by atoms with van der Waals surface area (Å²) < 4.78 is 39.3. The van der Waals surface area contributed by atoms with Gasteiger partial charge in [0.2, 0.25) is 10.0 Å². The number of carbonyl (C=O) groups is 1. The first-order valence-corrected chi connectivity index (χ1v) is 12.2. The number of benzene rings is 1. The van der Waals surface area contributed by atoms with Crippen molar-refractivity contribution in [1.29, 1.82) is 0 Å². The van der Waals surface area contributed by atoms with Crippen LogP contribution in [0.3, 0.4) is 0 Å². The largest absolute Gasteiger partial charge is 0.495 e. The van der Waals surface area contributed by atoms with Gasteiger partial charge in [-0.3, -0.25) is 14.5 Å². The molecule has 2 heterocycles. The van der Waals surface area contributed by atoms with Crippen molar-refractivity contribution in [3.63, 3.8) is 0 Å². The number of carbonyl (C=O) groups excluding carboxylic acids is 1. The number of hydrogen-bond donors (Lipinski definition) is 3. The molecule has 0 bridgehead atoms. The van der Waals surface area contributed by atoms with E-state index in [2.05, 4.69) is 20.3 Å². The minimum atomic E-state index is -3.81. The molecule has 1 aromatic heterocycles. The SMILES string of the molecule is COc1cncc(NS(=O)(=O)Cc2ccc(OC3CCNCC3)cc2C(=O)NC(C)C)c1. The standard InChI is InChI=1S/C22H30N4O5S/c1-15(2)25-22(27)21-11-19(31-18-6-8-23-9-7-18)5-4-16(21)14-32(28,29)26-17-10-20(30-3)13-24-12-17/h4-5,10-13,15,18,23,26H,6-9,14H2,1-3H3,(H,25,27). The lowest BCUT2D eigenvalue weighted by atomic mass is 10.1. The lowest BCUT2D eigenvalue weighted by molar-refractivity contribution is 0.0941. The van der Waals surface area contributed by atoms with Gasteiger partial charge in [0.25, 0.3) is 5.91 Å². The zero-order valence-corrected chi connectivity index (χ0v) is 19.4. The van der Waals surface area contributed by atoms with Crippen LogP contribution in [0.5, 0.6) is 11.5 Å². The molecular weight excluding hydrogens is 432 g/mol. The quantitative estimate of drug-likeness (QED) is 0.523. The van der Waals surface area contributed by atoms with Gasteiger partial charge in [-0.1, -0.05) is 6.07 Å². The number of nitrogens with zero attached hydrogens (tertiary/aromatic N) is 1. The first kappa shape index (κ1) is 23.8. The zero-order chi connectivity index (χ0) is 23.1. The maximum atomic E-state index is 12.8. The summed E-state index contributed by atoms with van der Waals surface area (Å²) in [4.78, 5) is 16.8. The molecule has 1 aliphatic heterocycles. The minimum absolute atomic E-state index is 0.0640. The highest BCUT2D eigenvalue weighted by molar-refractivity contribution is 7.91. The van der Waals surface area contributed by atoms with Crippen LogP contribution in [-0.2, 0) is 15.8 Å². The maximum absolute atomic E-state index is 12.8. The van der Waals surface area contributed by atoms with Gasteiger partial charge < -0.3 is 20.1 Å². The molecule has 0 aliphatic carbocycles. The molecule has 1 amide bonds. The molecular formula is C22H30N4O5S. The molecule has 1 aromatic carbocycles. The second-order valence-electron chi connectivity index (χ2n) is 7.99. The van der Waals surface area contributed by atoms with Gasteiger partial charge >= 0.3 is 0 Å². The average Bonchev–Trinajstić information content (AvgIpc) is 2.74. The van der Waals surface area contributed by atoms with Gasteiger partial charge in [0.1, 0.15) is 17.6 Å². The van der Waals surface area contributed by atoms with Crippen LogP contribution in [0.25, 0.3) is 0 Å². The predicted molar refractivity (Wildman–Crippen MR) is 123 cm³/mol. The van der Waals surface area contributed by atoms with Crippen LogP contribution >= 0.6 is 0 Å². The van der Waals surface area contributed by atoms with E-state index in [1.165, 1.54) is 25.6 Å². The molecule has 3 rings (SSSR count). The van der Waals surface area contributed by atoms with Crippen molar-refractivity contribution in [2.75, 3.05) is 24.9 Å². The molecule has 0 atom stereocenters. The number of rotatable bonds is 9. The molecule has 10 heteroatoms. The first-order chi connectivity index (χ1) is 15.3. The van der Waals surface area contributed by atoms with E-state index in [9.17, 15) is 13.2 Å². The molecule has 2 aromatic rings. The molecule has 1 aliphatic rings. The summed E-state index contributed by atoms with van der Waals surface area (Å²) in [6, 6.07) is 6.41. The monoisotopic (exact) mass is 462 g/mol. The number of aromatic nitrogens is 1. The topological polar surface area (TPSA) is 119 Å². The Labute approximate surface area is 189 Å². The highest BCUT2D eigenvalue weighted by Gasteiger charge is 2.21. The fraction of sp³-hybridized carbons (Fsp3) is 0.455. The van der Waals surface area contributed by atoms with Crippen LogP contribution in [0.4, 0.5) is 5.69 Å². The summed E-state index contributed by atoms with van der Waals surface area (Å²) in [5, 5.41) is 6.12. The van der Waals surface area contributed by atoms with Crippen molar-refractivity contribution in [3.8, 4) is 11.5 Å². The fourth-order valence-electron chi connectivity index (χ4n) is 3.42. The number of hydrogen-bond acceptors (Lipinski definition) is 7. The van der Waals surface area contributed by atoms with Crippen molar-refractivity contribution < 1.29 is 22.7 Å². The summed E-state index contributed by atoms with van der Waals surface area (Å²) in [7, 11) is -2.34. The van der Waals surface area contributed by atoms with E-state index in [1.54, 1.807) is 18.2 Å². The van der Waals surface area contributed by atoms with Crippen molar-refractivity contribution in [2.24, 2.45) is 0 Å². The van der Waals surface area contributed by atoms with Gasteiger partial charge in [-0.05, 0) is 57.5 Å². The molecule has 1 saturated heterocycles. The number of amides is 1. The number of sulfonamides is 1. The Morgan fingerprint density at radius 1 is 1.19 bits per heavy atom. The van der Waals surface area contributed by atoms with Crippen molar-refractivity contribution in [3.05, 3.63) is 47.8 Å². The van der Waals surface area contributed by atoms with E-state index in [4.69, 9.17) is 9.47 Å². The average molecular weight is 463 g/mol. The van der Waals surface area contributed by atoms with Gasteiger partial charge in [0, 0.05) is 17.7 Å². The van der Waals surface area contributed by atoms with Crippen molar-refractivity contribution in [1.82, 2.24) is 15.6 Å². The van der Waals surface area contributed by atoms with E-state index in [1.807, 2.05) is 13.8 Å². The second-order valence-corrected chi connectivity index (χ2v) is 9.71. The van der Waals surface area contributed by atoms with E-state index < -0.39 is 10.0 Å². The van der Waals surface area contributed by atoms with Crippen molar-refractivity contribution >= 4 is 21.6 Å². The molecule has 32 heavy (non-hydrogen) atoms. The molecule has 0 unspecified atom stereocenters. The normalized spacial score (nSPS) is 14.8. The van der Waals surface area contributed by atoms with Crippen LogP contribution < -0.4 is 24.8 Å². The van der Waals surface area contributed by atoms with Gasteiger partial charge in [-0.2, -0.15) is 0 Å². The summed E-state index contributed by atoms with van der Waals surface area (Å²) in [5.74, 6) is 0.265. The molecule has 0 saturated carbocycles. The highest BCUT2D eigenvalue weighted by Crippen LogP contribution is 2.24. The van der Waals surface area contributed by atoms with E-state index in [-0.39, 0.29) is 35.1 Å². The van der Waals surface area contributed by atoms with Crippen LogP contribution in [0, 0.1) is 0 Å². The highest BCUT2D eigenvalue weighted by atomic mass is 32.2. The lowest BCUT2D eigenvalue weighted by Gasteiger charge is -2.24. The first-order valence-electron chi connectivity index (χ1n) is 10.6. The molecule has 1 fully saturated rings. The van der Waals surface area contributed by atoms with Crippen LogP contribution in [-0.4, -0.2) is 51.7 Å². The Morgan fingerprint density at radius 2 is 1.94 bits per heavy atom. The number of anilines is 1. The Balaban J connectivity index is 1.83. The number of nitrogens with one attached hydrogen (secondary N) is 3. The minimum Gasteiger partial charge on any atom is -0.495 e. The summed E-state index contributed by atoms with van der Waals surface area (Å²) >= 11 is 0. The molecule has 0 radical (unpaired) electrons. The van der Waals surface area contributed by atoms with Crippen LogP contribution in [0.1, 0.15) is 42.6 Å². The maximum Gasteiger partial charge on any atom is 0.251 e. The summed E-state index contributed by atoms with van der Waals surface area (Å²) in [6.07, 6.45) is 4.69. The molecule has 174 valence electrons. The Hall–Kier alpha value is -2.85. The van der Waals surface area contributed by atoms with Gasteiger partial charge in [-0.25, -0.2) is 8.42 Å². The van der Waals surface area contributed by atoms with E-state index in [0.29, 0.717) is 17.1 Å². The van der Waals surface area contributed by atoms with E-state index >= 15 is 0 Å². The number of pyridine rings is 1. The molecule has 3 N–H and O–H groups in total. The van der Waals surface area contributed by atoms with Crippen molar-refractivity contribution in [2.45, 2.75) is 44.6 Å². The zero-order valence-electron chi connectivity index (χ0n) is 18.6. The Bertz CT molecular complexity index is 1040. The van der Waals surface area contributed by atoms with Crippen LogP contribution in [0.2, 0.25) is 0 Å². The lowest BCUT2D eigenvalue weighted by Crippen LogP contribution is -2.34. The predicted octanol–water partition coefficient (Wildman–Crippen LogP) is 2.30. The number of methoxy groups -OCH3 is 1. The number of ether oxygens (including phenoxy) is 2. The van der Waals surface area contributed by atoms with Gasteiger partial charge in [-0.15, -0.1) is 0 Å². The molecule has 9 nitrogen and oxygen atoms in total. The summed E-state index contributed by atoms with van der Waals surface area (Å²) in [5.41, 5.74) is 0.937. The van der Waals surface area contributed by atoms with Gasteiger partial charge in [0.15, 0.2) is 0 Å². The smallest absolute Gasteiger partial charge is 0.251 e. The van der Waals surface area contributed by atoms with Crippen LogP contribution in [0.15, 0.2) is 36.7 Å². The fourth-order valence-corrected chi connectivity index (χ4v) is 4.62. The third-order valence-electron chi connectivity index (χ3n) is 4.90. The Morgan fingerprint density at radius 3 is 2.62 bits per heavy atom. The van der Waals surface area contributed by atoms with Gasteiger partial charge in [0.05, 0.1) is 30.9 Å². The Kier molecular flexibility index (Phi) is 7.92. The van der Waals surface area contributed by atoms with E-state index in [0.717, 1.165) is 25.9 Å². The third-order valence-corrected chi connectivity index (χ3v) is 6.14. The second kappa shape index (κ2) is 10.6. The third kappa shape index (κ3) is 6.83.